The first kappa shape index (κ1) is 18.1. The molecule has 2 aromatic carbocycles. The molecule has 0 saturated carbocycles. The SMILES string of the molecule is CCOc1ccc(NC(=O)CSc2nc3ccccc3[nH]2)cc1OCC. The van der Waals surface area contributed by atoms with Gasteiger partial charge in [-0.15, -0.1) is 0 Å². The Kier molecular flexibility index (Phi) is 6.01. The first-order valence-electron chi connectivity index (χ1n) is 8.46. The average molecular weight is 371 g/mol. The minimum Gasteiger partial charge on any atom is -0.490 e. The standard InChI is InChI=1S/C19H21N3O3S/c1-3-24-16-10-9-13(11-17(16)25-4-2)20-18(23)12-26-19-21-14-7-5-6-8-15(14)22-19/h5-11H,3-4,12H2,1-2H3,(H,20,23)(H,21,22). The van der Waals surface area contributed by atoms with Crippen molar-refractivity contribution in [2.45, 2.75) is 19.0 Å². The molecular formula is C19H21N3O3S. The van der Waals surface area contributed by atoms with Crippen LogP contribution in [0, 0.1) is 0 Å². The van der Waals surface area contributed by atoms with Crippen LogP contribution in [0.2, 0.25) is 0 Å². The minimum atomic E-state index is -0.109. The number of hydrogen-bond donors (Lipinski definition) is 2. The number of para-hydroxylation sites is 2. The van der Waals surface area contributed by atoms with E-state index in [9.17, 15) is 4.79 Å². The summed E-state index contributed by atoms with van der Waals surface area (Å²) in [6, 6.07) is 13.2. The molecule has 1 aromatic heterocycles. The van der Waals surface area contributed by atoms with Gasteiger partial charge in [0.15, 0.2) is 16.7 Å². The number of aromatic amines is 1. The van der Waals surface area contributed by atoms with E-state index in [4.69, 9.17) is 9.47 Å². The van der Waals surface area contributed by atoms with Crippen LogP contribution in [0.1, 0.15) is 13.8 Å². The summed E-state index contributed by atoms with van der Waals surface area (Å²) in [7, 11) is 0. The van der Waals surface area contributed by atoms with E-state index in [1.165, 1.54) is 11.8 Å². The van der Waals surface area contributed by atoms with Gasteiger partial charge in [0.05, 0.1) is 30.0 Å². The highest BCUT2D eigenvalue weighted by Crippen LogP contribution is 2.30. The predicted octanol–water partition coefficient (Wildman–Crippen LogP) is 4.09. The fraction of sp³-hybridized carbons (Fsp3) is 0.263. The number of nitrogens with zero attached hydrogens (tertiary/aromatic N) is 1. The number of ether oxygens (including phenoxy) is 2. The van der Waals surface area contributed by atoms with Crippen LogP contribution in [0.4, 0.5) is 5.69 Å². The number of amides is 1. The summed E-state index contributed by atoms with van der Waals surface area (Å²) in [6.07, 6.45) is 0. The zero-order valence-corrected chi connectivity index (χ0v) is 15.6. The molecule has 0 atom stereocenters. The van der Waals surface area contributed by atoms with Gasteiger partial charge in [0, 0.05) is 11.8 Å². The number of imidazole rings is 1. The maximum Gasteiger partial charge on any atom is 0.234 e. The normalized spacial score (nSPS) is 10.7. The van der Waals surface area contributed by atoms with Gasteiger partial charge in [-0.25, -0.2) is 4.98 Å². The maximum atomic E-state index is 12.2. The fourth-order valence-electron chi connectivity index (χ4n) is 2.46. The van der Waals surface area contributed by atoms with Crippen molar-refractivity contribution in [1.29, 1.82) is 0 Å². The largest absolute Gasteiger partial charge is 0.490 e. The molecule has 0 unspecified atom stereocenters. The van der Waals surface area contributed by atoms with E-state index in [1.54, 1.807) is 18.2 Å². The Morgan fingerprint density at radius 3 is 2.65 bits per heavy atom. The van der Waals surface area contributed by atoms with E-state index in [0.717, 1.165) is 16.2 Å². The van der Waals surface area contributed by atoms with Crippen molar-refractivity contribution in [1.82, 2.24) is 9.97 Å². The molecule has 6 nitrogen and oxygen atoms in total. The molecule has 7 heteroatoms. The predicted molar refractivity (Wildman–Crippen MR) is 104 cm³/mol. The van der Waals surface area contributed by atoms with Crippen LogP contribution in [-0.4, -0.2) is 34.8 Å². The van der Waals surface area contributed by atoms with Gasteiger partial charge in [-0.05, 0) is 38.1 Å². The molecule has 0 aliphatic heterocycles. The van der Waals surface area contributed by atoms with Gasteiger partial charge in [0.2, 0.25) is 5.91 Å². The third kappa shape index (κ3) is 4.49. The van der Waals surface area contributed by atoms with Crippen molar-refractivity contribution in [3.8, 4) is 11.5 Å². The van der Waals surface area contributed by atoms with E-state index in [2.05, 4.69) is 15.3 Å². The minimum absolute atomic E-state index is 0.109. The number of hydrogen-bond acceptors (Lipinski definition) is 5. The van der Waals surface area contributed by atoms with Crippen molar-refractivity contribution >= 4 is 34.4 Å². The van der Waals surface area contributed by atoms with Crippen LogP contribution in [0.5, 0.6) is 11.5 Å². The second-order valence-corrected chi connectivity index (χ2v) is 6.39. The van der Waals surface area contributed by atoms with Crippen molar-refractivity contribution in [2.24, 2.45) is 0 Å². The molecule has 0 aliphatic carbocycles. The smallest absolute Gasteiger partial charge is 0.234 e. The zero-order valence-electron chi connectivity index (χ0n) is 14.7. The van der Waals surface area contributed by atoms with E-state index in [1.807, 2.05) is 38.1 Å². The number of rotatable bonds is 8. The van der Waals surface area contributed by atoms with Gasteiger partial charge in [-0.1, -0.05) is 23.9 Å². The number of benzene rings is 2. The third-order valence-electron chi connectivity index (χ3n) is 3.53. The number of H-pyrrole nitrogens is 1. The van der Waals surface area contributed by atoms with Crippen LogP contribution in [0.15, 0.2) is 47.6 Å². The lowest BCUT2D eigenvalue weighted by molar-refractivity contribution is -0.113. The van der Waals surface area contributed by atoms with E-state index >= 15 is 0 Å². The lowest BCUT2D eigenvalue weighted by Crippen LogP contribution is -2.14. The topological polar surface area (TPSA) is 76.2 Å². The lowest BCUT2D eigenvalue weighted by atomic mass is 10.2. The number of carbonyl (C=O) groups excluding carboxylic acids is 1. The van der Waals surface area contributed by atoms with E-state index < -0.39 is 0 Å². The first-order valence-corrected chi connectivity index (χ1v) is 9.45. The van der Waals surface area contributed by atoms with Crippen LogP contribution in [-0.2, 0) is 4.79 Å². The van der Waals surface area contributed by atoms with E-state index in [-0.39, 0.29) is 11.7 Å². The molecule has 1 amide bonds. The maximum absolute atomic E-state index is 12.2. The van der Waals surface area contributed by atoms with Crippen molar-refractivity contribution < 1.29 is 14.3 Å². The van der Waals surface area contributed by atoms with Crippen molar-refractivity contribution in [3.05, 3.63) is 42.5 Å². The Bertz CT molecular complexity index is 862. The molecule has 0 saturated heterocycles. The number of aromatic nitrogens is 2. The molecule has 0 bridgehead atoms. The molecular weight excluding hydrogens is 350 g/mol. The van der Waals surface area contributed by atoms with Crippen LogP contribution in [0.3, 0.4) is 0 Å². The number of anilines is 1. The number of nitrogens with one attached hydrogen (secondary N) is 2. The Hall–Kier alpha value is -2.67. The molecule has 26 heavy (non-hydrogen) atoms. The average Bonchev–Trinajstić information content (AvgIpc) is 3.05. The van der Waals surface area contributed by atoms with Crippen LogP contribution >= 0.6 is 11.8 Å². The summed E-state index contributed by atoms with van der Waals surface area (Å²) in [5.41, 5.74) is 2.53. The fourth-order valence-corrected chi connectivity index (χ4v) is 3.14. The number of fused-ring (bicyclic) bond motifs is 1. The number of carbonyl (C=O) groups is 1. The molecule has 2 N–H and O–H groups in total. The van der Waals surface area contributed by atoms with Crippen LogP contribution in [0.25, 0.3) is 11.0 Å². The first-order chi connectivity index (χ1) is 12.7. The highest BCUT2D eigenvalue weighted by molar-refractivity contribution is 7.99. The van der Waals surface area contributed by atoms with Gasteiger partial charge in [0.1, 0.15) is 0 Å². The van der Waals surface area contributed by atoms with Gasteiger partial charge < -0.3 is 19.8 Å². The number of thioether (sulfide) groups is 1. The van der Waals surface area contributed by atoms with Gasteiger partial charge in [-0.3, -0.25) is 4.79 Å². The van der Waals surface area contributed by atoms with Crippen molar-refractivity contribution in [2.75, 3.05) is 24.3 Å². The molecule has 1 heterocycles. The zero-order chi connectivity index (χ0) is 18.4. The summed E-state index contributed by atoms with van der Waals surface area (Å²) in [5, 5.41) is 3.60. The Labute approximate surface area is 156 Å². The lowest BCUT2D eigenvalue weighted by Gasteiger charge is -2.12. The monoisotopic (exact) mass is 371 g/mol. The molecule has 136 valence electrons. The second kappa shape index (κ2) is 8.62. The summed E-state index contributed by atoms with van der Waals surface area (Å²) in [4.78, 5) is 19.9. The molecule has 0 radical (unpaired) electrons. The Morgan fingerprint density at radius 1 is 1.12 bits per heavy atom. The molecule has 0 fully saturated rings. The summed E-state index contributed by atoms with van der Waals surface area (Å²) < 4.78 is 11.1. The molecule has 3 rings (SSSR count). The Morgan fingerprint density at radius 2 is 1.88 bits per heavy atom. The Balaban J connectivity index is 1.61. The summed E-state index contributed by atoms with van der Waals surface area (Å²) in [5.74, 6) is 1.44. The molecule has 0 spiro atoms. The van der Waals surface area contributed by atoms with Gasteiger partial charge in [0.25, 0.3) is 0 Å². The van der Waals surface area contributed by atoms with Crippen LogP contribution < -0.4 is 14.8 Å². The highest BCUT2D eigenvalue weighted by atomic mass is 32.2. The second-order valence-electron chi connectivity index (χ2n) is 5.42. The van der Waals surface area contributed by atoms with Gasteiger partial charge in [-0.2, -0.15) is 0 Å². The summed E-state index contributed by atoms with van der Waals surface area (Å²) in [6.45, 7) is 4.91. The van der Waals surface area contributed by atoms with Crippen molar-refractivity contribution in [3.63, 3.8) is 0 Å². The van der Waals surface area contributed by atoms with Gasteiger partial charge >= 0.3 is 0 Å². The highest BCUT2D eigenvalue weighted by Gasteiger charge is 2.10. The summed E-state index contributed by atoms with van der Waals surface area (Å²) >= 11 is 1.36. The van der Waals surface area contributed by atoms with E-state index in [0.29, 0.717) is 30.4 Å². The molecule has 3 aromatic rings. The third-order valence-corrected chi connectivity index (χ3v) is 4.41. The molecule has 0 aliphatic rings. The quantitative estimate of drug-likeness (QED) is 0.583.